The second-order valence-electron chi connectivity index (χ2n) is 4.11. The molecule has 0 spiro atoms. The maximum atomic E-state index is 11.4. The van der Waals surface area contributed by atoms with Crippen molar-refractivity contribution in [2.45, 2.75) is 33.6 Å². The van der Waals surface area contributed by atoms with Crippen LogP contribution >= 0.6 is 0 Å². The first-order valence-corrected chi connectivity index (χ1v) is 6.17. The second kappa shape index (κ2) is 6.85. The molecule has 0 aliphatic heterocycles. The normalized spacial score (nSPS) is 12.8. The highest BCUT2D eigenvalue weighted by atomic mass is 16.1. The number of carbonyl (C=O) groups excluding carboxylic acids is 1. The van der Waals surface area contributed by atoms with Gasteiger partial charge in [-0.3, -0.25) is 4.79 Å². The van der Waals surface area contributed by atoms with Crippen LogP contribution in [0.2, 0.25) is 0 Å². The van der Waals surface area contributed by atoms with Gasteiger partial charge in [-0.2, -0.15) is 0 Å². The summed E-state index contributed by atoms with van der Waals surface area (Å²) in [5.41, 5.74) is 3.02. The maximum Gasteiger partial charge on any atom is 0.160 e. The van der Waals surface area contributed by atoms with Gasteiger partial charge in [-0.1, -0.05) is 62.8 Å². The van der Waals surface area contributed by atoms with Crippen molar-refractivity contribution in [3.05, 3.63) is 47.5 Å². The van der Waals surface area contributed by atoms with Crippen LogP contribution in [-0.2, 0) is 4.79 Å². The van der Waals surface area contributed by atoms with E-state index in [9.17, 15) is 4.79 Å². The molecular weight excluding hydrogens is 208 g/mol. The zero-order chi connectivity index (χ0) is 12.7. The average molecular weight is 228 g/mol. The molecule has 0 bridgehead atoms. The topological polar surface area (TPSA) is 17.1 Å². The molecule has 0 fully saturated rings. The molecule has 0 heterocycles. The SMILES string of the molecule is CC(=O)C1=CCC=Cc2ccccc21.CCC. The minimum absolute atomic E-state index is 0.140. The summed E-state index contributed by atoms with van der Waals surface area (Å²) in [7, 11) is 0. The first-order valence-electron chi connectivity index (χ1n) is 6.17. The van der Waals surface area contributed by atoms with E-state index in [4.69, 9.17) is 0 Å². The predicted octanol–water partition coefficient (Wildman–Crippen LogP) is 4.49. The average Bonchev–Trinajstić information content (AvgIpc) is 2.52. The number of rotatable bonds is 1. The Hall–Kier alpha value is -1.63. The molecule has 1 aromatic rings. The van der Waals surface area contributed by atoms with Crippen molar-refractivity contribution < 1.29 is 4.79 Å². The standard InChI is InChI=1S/C13H12O.C3H8/c1-10(14)12-8-4-2-6-11-7-3-5-9-13(11)12;1-3-2/h2-3,5-9H,4H2,1H3;3H2,1-2H3. The van der Waals surface area contributed by atoms with Gasteiger partial charge in [0.05, 0.1) is 0 Å². The Morgan fingerprint density at radius 3 is 2.53 bits per heavy atom. The van der Waals surface area contributed by atoms with Crippen molar-refractivity contribution in [1.82, 2.24) is 0 Å². The van der Waals surface area contributed by atoms with E-state index >= 15 is 0 Å². The van der Waals surface area contributed by atoms with Crippen molar-refractivity contribution in [3.63, 3.8) is 0 Å². The lowest BCUT2D eigenvalue weighted by molar-refractivity contribution is -0.111. The molecule has 1 heteroatoms. The molecule has 0 saturated heterocycles. The third kappa shape index (κ3) is 3.70. The van der Waals surface area contributed by atoms with E-state index in [0.717, 1.165) is 23.1 Å². The third-order valence-electron chi connectivity index (χ3n) is 2.39. The van der Waals surface area contributed by atoms with Gasteiger partial charge < -0.3 is 0 Å². The van der Waals surface area contributed by atoms with Gasteiger partial charge in [0.2, 0.25) is 0 Å². The number of carbonyl (C=O) groups is 1. The molecular formula is C16H20O. The highest BCUT2D eigenvalue weighted by Gasteiger charge is 2.10. The fourth-order valence-corrected chi connectivity index (χ4v) is 1.71. The van der Waals surface area contributed by atoms with Crippen LogP contribution in [0, 0.1) is 0 Å². The van der Waals surface area contributed by atoms with Gasteiger partial charge in [-0.05, 0) is 24.5 Å². The molecule has 17 heavy (non-hydrogen) atoms. The quantitative estimate of drug-likeness (QED) is 0.692. The summed E-state index contributed by atoms with van der Waals surface area (Å²) in [6, 6.07) is 7.99. The first kappa shape index (κ1) is 13.4. The summed E-state index contributed by atoms with van der Waals surface area (Å²) >= 11 is 0. The molecule has 1 nitrogen and oxygen atoms in total. The van der Waals surface area contributed by atoms with E-state index < -0.39 is 0 Å². The van der Waals surface area contributed by atoms with Gasteiger partial charge in [0.15, 0.2) is 5.78 Å². The Kier molecular flexibility index (Phi) is 5.41. The van der Waals surface area contributed by atoms with Crippen LogP contribution in [0.3, 0.4) is 0 Å². The molecule has 2 rings (SSSR count). The Morgan fingerprint density at radius 2 is 1.88 bits per heavy atom. The molecule has 1 aliphatic rings. The number of ketones is 1. The lowest BCUT2D eigenvalue weighted by Crippen LogP contribution is -1.97. The molecule has 0 saturated carbocycles. The number of hydrogen-bond donors (Lipinski definition) is 0. The molecule has 0 atom stereocenters. The molecule has 1 aromatic carbocycles. The smallest absolute Gasteiger partial charge is 0.160 e. The van der Waals surface area contributed by atoms with Crippen molar-refractivity contribution in [2.24, 2.45) is 0 Å². The van der Waals surface area contributed by atoms with Crippen molar-refractivity contribution in [2.75, 3.05) is 0 Å². The van der Waals surface area contributed by atoms with E-state index in [1.54, 1.807) is 6.92 Å². The fourth-order valence-electron chi connectivity index (χ4n) is 1.71. The lowest BCUT2D eigenvalue weighted by Gasteiger charge is -2.05. The van der Waals surface area contributed by atoms with Crippen LogP contribution in [0.25, 0.3) is 11.6 Å². The molecule has 0 amide bonds. The predicted molar refractivity (Wildman–Crippen MR) is 74.7 cm³/mol. The zero-order valence-electron chi connectivity index (χ0n) is 10.9. The van der Waals surface area contributed by atoms with Gasteiger partial charge in [-0.25, -0.2) is 0 Å². The van der Waals surface area contributed by atoms with Crippen LogP contribution < -0.4 is 0 Å². The Balaban J connectivity index is 0.000000437. The number of benzene rings is 1. The summed E-state index contributed by atoms with van der Waals surface area (Å²) in [5, 5.41) is 0. The van der Waals surface area contributed by atoms with Crippen molar-refractivity contribution in [1.29, 1.82) is 0 Å². The molecule has 0 unspecified atom stereocenters. The van der Waals surface area contributed by atoms with E-state index in [-0.39, 0.29) is 5.78 Å². The van der Waals surface area contributed by atoms with E-state index in [2.05, 4.69) is 26.0 Å². The minimum Gasteiger partial charge on any atom is -0.295 e. The number of Topliss-reactive ketones (excluding diaryl/α,β-unsaturated/α-hetero) is 1. The molecule has 1 aliphatic carbocycles. The molecule has 90 valence electrons. The highest BCUT2D eigenvalue weighted by molar-refractivity contribution is 6.20. The maximum absolute atomic E-state index is 11.4. The summed E-state index contributed by atoms with van der Waals surface area (Å²) in [6.07, 6.45) is 8.23. The Labute approximate surface area is 104 Å². The van der Waals surface area contributed by atoms with E-state index in [0.29, 0.717) is 0 Å². The Bertz CT molecular complexity index is 439. The highest BCUT2D eigenvalue weighted by Crippen LogP contribution is 2.24. The van der Waals surface area contributed by atoms with Gasteiger partial charge >= 0.3 is 0 Å². The fraction of sp³-hybridized carbons (Fsp3) is 0.312. The van der Waals surface area contributed by atoms with Gasteiger partial charge in [0.1, 0.15) is 0 Å². The van der Waals surface area contributed by atoms with Crippen molar-refractivity contribution in [3.8, 4) is 0 Å². The summed E-state index contributed by atoms with van der Waals surface area (Å²) in [4.78, 5) is 11.4. The number of allylic oxidation sites excluding steroid dienone is 3. The van der Waals surface area contributed by atoms with Crippen LogP contribution in [0.15, 0.2) is 36.4 Å². The lowest BCUT2D eigenvalue weighted by atomic mass is 9.98. The van der Waals surface area contributed by atoms with Gasteiger partial charge in [-0.15, -0.1) is 0 Å². The monoisotopic (exact) mass is 228 g/mol. The molecule has 0 radical (unpaired) electrons. The van der Waals surface area contributed by atoms with Gasteiger partial charge in [0.25, 0.3) is 0 Å². The third-order valence-corrected chi connectivity index (χ3v) is 2.39. The molecule has 0 aromatic heterocycles. The van der Waals surface area contributed by atoms with Crippen LogP contribution in [0.5, 0.6) is 0 Å². The zero-order valence-corrected chi connectivity index (χ0v) is 10.9. The van der Waals surface area contributed by atoms with Crippen molar-refractivity contribution >= 4 is 17.4 Å². The number of fused-ring (bicyclic) bond motifs is 1. The summed E-state index contributed by atoms with van der Waals surface area (Å²) in [5.74, 6) is 0.140. The summed E-state index contributed by atoms with van der Waals surface area (Å²) < 4.78 is 0. The van der Waals surface area contributed by atoms with E-state index in [1.165, 1.54) is 6.42 Å². The largest absolute Gasteiger partial charge is 0.295 e. The van der Waals surface area contributed by atoms with E-state index in [1.807, 2.05) is 30.3 Å². The Morgan fingerprint density at radius 1 is 1.24 bits per heavy atom. The van der Waals surface area contributed by atoms with Crippen LogP contribution in [0.4, 0.5) is 0 Å². The van der Waals surface area contributed by atoms with Crippen LogP contribution in [-0.4, -0.2) is 5.78 Å². The first-order chi connectivity index (χ1) is 8.20. The van der Waals surface area contributed by atoms with Crippen LogP contribution in [0.1, 0.15) is 44.7 Å². The summed E-state index contributed by atoms with van der Waals surface area (Å²) in [6.45, 7) is 5.87. The minimum atomic E-state index is 0.140. The molecule has 0 N–H and O–H groups in total. The second-order valence-corrected chi connectivity index (χ2v) is 4.11. The number of hydrogen-bond acceptors (Lipinski definition) is 1. The van der Waals surface area contributed by atoms with Gasteiger partial charge in [0, 0.05) is 5.57 Å².